The number of ketones is 1. The summed E-state index contributed by atoms with van der Waals surface area (Å²) < 4.78 is 0. The van der Waals surface area contributed by atoms with E-state index >= 15 is 0 Å². The highest BCUT2D eigenvalue weighted by atomic mass is 16.4. The van der Waals surface area contributed by atoms with Crippen LogP contribution in [-0.2, 0) is 24.0 Å². The minimum absolute atomic E-state index is 0.140. The third kappa shape index (κ3) is 6.78. The number of primary amides is 1. The normalized spacial score (nSPS) is 23.4. The molecule has 37 heavy (non-hydrogen) atoms. The molecule has 6 N–H and O–H groups in total. The van der Waals surface area contributed by atoms with Gasteiger partial charge in [-0.2, -0.15) is 0 Å². The van der Waals surface area contributed by atoms with Gasteiger partial charge >= 0.3 is 12.0 Å². The summed E-state index contributed by atoms with van der Waals surface area (Å²) in [6.45, 7) is 1.66. The van der Waals surface area contributed by atoms with Gasteiger partial charge in [0.05, 0.1) is 6.04 Å². The molecule has 5 amide bonds. The van der Waals surface area contributed by atoms with E-state index in [9.17, 15) is 33.9 Å². The van der Waals surface area contributed by atoms with E-state index in [2.05, 4.69) is 16.0 Å². The molecule has 3 rings (SSSR count). The summed E-state index contributed by atoms with van der Waals surface area (Å²) in [5, 5.41) is 17.7. The van der Waals surface area contributed by atoms with Crippen LogP contribution in [0.1, 0.15) is 84.0 Å². The lowest BCUT2D eigenvalue weighted by molar-refractivity contribution is -0.145. The highest BCUT2D eigenvalue weighted by Gasteiger charge is 2.44. The number of carbonyl (C=O) groups is 6. The van der Waals surface area contributed by atoms with E-state index in [1.165, 1.54) is 11.8 Å². The number of aliphatic carboxylic acids is 1. The van der Waals surface area contributed by atoms with Crippen molar-refractivity contribution in [2.75, 3.05) is 6.54 Å². The van der Waals surface area contributed by atoms with Gasteiger partial charge < -0.3 is 31.7 Å². The summed E-state index contributed by atoms with van der Waals surface area (Å²) >= 11 is 0. The smallest absolute Gasteiger partial charge is 0.329 e. The molecule has 2 saturated carbocycles. The summed E-state index contributed by atoms with van der Waals surface area (Å²) in [6, 6.07) is -3.58. The van der Waals surface area contributed by atoms with Crippen LogP contribution in [0, 0.1) is 5.92 Å². The Kier molecular flexibility index (Phi) is 9.50. The van der Waals surface area contributed by atoms with E-state index in [-0.39, 0.29) is 5.92 Å². The molecule has 0 aromatic carbocycles. The van der Waals surface area contributed by atoms with Gasteiger partial charge in [0, 0.05) is 6.54 Å². The van der Waals surface area contributed by atoms with Gasteiger partial charge in [-0.25, -0.2) is 9.59 Å². The second-order valence-electron chi connectivity index (χ2n) is 10.6. The van der Waals surface area contributed by atoms with Crippen molar-refractivity contribution in [2.24, 2.45) is 11.7 Å². The molecule has 1 aliphatic heterocycles. The molecule has 3 unspecified atom stereocenters. The van der Waals surface area contributed by atoms with E-state index in [1.54, 1.807) is 0 Å². The number of hydrogen-bond acceptors (Lipinski definition) is 6. The van der Waals surface area contributed by atoms with Crippen molar-refractivity contribution >= 4 is 35.5 Å². The van der Waals surface area contributed by atoms with Gasteiger partial charge in [-0.3, -0.25) is 19.2 Å². The van der Waals surface area contributed by atoms with Crippen LogP contribution in [0.4, 0.5) is 4.79 Å². The Morgan fingerprint density at radius 3 is 2.11 bits per heavy atom. The lowest BCUT2D eigenvalue weighted by atomic mass is 9.81. The molecule has 3 aliphatic rings. The maximum atomic E-state index is 13.8. The molecular weight excluding hydrogens is 482 g/mol. The molecule has 0 aromatic heterocycles. The predicted molar refractivity (Wildman–Crippen MR) is 132 cm³/mol. The standard InChI is InChI=1S/C25H39N5O7/c1-15(19(31)20(26)32)27-21(33)17-11-8-14-30(17)22(34)18(16-9-4-2-5-10-16)28-24(37)29-25(23(35)36)12-6-3-7-13-25/h15-18H,2-14H2,1H3,(H2,26,32)(H,27,33)(H,35,36)(H2,28,29,37). The van der Waals surface area contributed by atoms with E-state index < -0.39 is 59.2 Å². The monoisotopic (exact) mass is 521 g/mol. The zero-order valence-corrected chi connectivity index (χ0v) is 21.4. The van der Waals surface area contributed by atoms with Crippen LogP contribution < -0.4 is 21.7 Å². The molecule has 0 bridgehead atoms. The average molecular weight is 522 g/mol. The molecule has 3 atom stereocenters. The van der Waals surface area contributed by atoms with Gasteiger partial charge in [0.1, 0.15) is 17.6 Å². The number of nitrogens with zero attached hydrogens (tertiary/aromatic N) is 1. The van der Waals surface area contributed by atoms with Crippen LogP contribution in [0.25, 0.3) is 0 Å². The van der Waals surface area contributed by atoms with Crippen LogP contribution in [0.5, 0.6) is 0 Å². The summed E-state index contributed by atoms with van der Waals surface area (Å²) in [4.78, 5) is 76.2. The number of rotatable bonds is 9. The SMILES string of the molecule is CC(NC(=O)C1CCCN1C(=O)C(NC(=O)NC1(C(=O)O)CCCCC1)C1CCCCC1)C(=O)C(N)=O. The summed E-state index contributed by atoms with van der Waals surface area (Å²) in [5.74, 6) is -4.28. The largest absolute Gasteiger partial charge is 0.480 e. The van der Waals surface area contributed by atoms with E-state index in [0.717, 1.165) is 38.5 Å². The van der Waals surface area contributed by atoms with Gasteiger partial charge in [-0.15, -0.1) is 0 Å². The first-order chi connectivity index (χ1) is 17.6. The molecule has 2 aliphatic carbocycles. The number of nitrogens with one attached hydrogen (secondary N) is 3. The molecular formula is C25H39N5O7. The third-order valence-electron chi connectivity index (χ3n) is 7.98. The molecule has 12 heteroatoms. The van der Waals surface area contributed by atoms with Crippen LogP contribution in [0.3, 0.4) is 0 Å². The fourth-order valence-corrected chi connectivity index (χ4v) is 5.86. The Balaban J connectivity index is 1.75. The van der Waals surface area contributed by atoms with Gasteiger partial charge in [0.25, 0.3) is 5.91 Å². The quantitative estimate of drug-likeness (QED) is 0.274. The zero-order chi connectivity index (χ0) is 27.2. The third-order valence-corrected chi connectivity index (χ3v) is 7.98. The molecule has 3 fully saturated rings. The highest BCUT2D eigenvalue weighted by molar-refractivity contribution is 6.37. The minimum Gasteiger partial charge on any atom is -0.480 e. The average Bonchev–Trinajstić information content (AvgIpc) is 3.37. The van der Waals surface area contributed by atoms with E-state index in [4.69, 9.17) is 5.73 Å². The summed E-state index contributed by atoms with van der Waals surface area (Å²) in [5.41, 5.74) is 3.66. The Labute approximate surface area is 216 Å². The van der Waals surface area contributed by atoms with Crippen LogP contribution in [0.2, 0.25) is 0 Å². The number of Topliss-reactive ketones (excluding diaryl/α,β-unsaturated/α-hetero) is 1. The number of urea groups is 1. The van der Waals surface area contributed by atoms with Gasteiger partial charge in [-0.1, -0.05) is 38.5 Å². The second-order valence-corrected chi connectivity index (χ2v) is 10.6. The maximum absolute atomic E-state index is 13.8. The number of carboxylic acids is 1. The number of likely N-dealkylation sites (tertiary alicyclic amines) is 1. The lowest BCUT2D eigenvalue weighted by Gasteiger charge is -2.37. The van der Waals surface area contributed by atoms with Crippen molar-refractivity contribution in [2.45, 2.75) is 108 Å². The number of hydrogen-bond donors (Lipinski definition) is 5. The Morgan fingerprint density at radius 1 is 0.892 bits per heavy atom. The highest BCUT2D eigenvalue weighted by Crippen LogP contribution is 2.31. The van der Waals surface area contributed by atoms with Crippen molar-refractivity contribution in [3.8, 4) is 0 Å². The summed E-state index contributed by atoms with van der Waals surface area (Å²) in [6.07, 6.45) is 8.21. The first-order valence-electron chi connectivity index (χ1n) is 13.3. The van der Waals surface area contributed by atoms with Crippen molar-refractivity contribution in [1.82, 2.24) is 20.9 Å². The Bertz CT molecular complexity index is 911. The van der Waals surface area contributed by atoms with Gasteiger partial charge in [0.2, 0.25) is 17.6 Å². The number of carbonyl (C=O) groups excluding carboxylic acids is 5. The molecule has 0 radical (unpaired) electrons. The lowest BCUT2D eigenvalue weighted by Crippen LogP contribution is -2.62. The molecule has 1 saturated heterocycles. The van der Waals surface area contributed by atoms with Gasteiger partial charge in [-0.05, 0) is 51.4 Å². The Morgan fingerprint density at radius 2 is 1.51 bits per heavy atom. The fourth-order valence-electron chi connectivity index (χ4n) is 5.86. The number of nitrogens with two attached hydrogens (primary N) is 1. The van der Waals surface area contributed by atoms with Crippen LogP contribution in [-0.4, -0.2) is 75.7 Å². The topological polar surface area (TPSA) is 188 Å². The molecule has 0 aromatic rings. The molecule has 1 heterocycles. The van der Waals surface area contributed by atoms with Crippen molar-refractivity contribution in [3.05, 3.63) is 0 Å². The maximum Gasteiger partial charge on any atom is 0.329 e. The first-order valence-corrected chi connectivity index (χ1v) is 13.3. The fraction of sp³-hybridized carbons (Fsp3) is 0.760. The second kappa shape index (κ2) is 12.4. The molecule has 206 valence electrons. The molecule has 12 nitrogen and oxygen atoms in total. The van der Waals surface area contributed by atoms with Crippen LogP contribution >= 0.6 is 0 Å². The van der Waals surface area contributed by atoms with Crippen molar-refractivity contribution in [1.29, 1.82) is 0 Å². The minimum atomic E-state index is -1.36. The summed E-state index contributed by atoms with van der Waals surface area (Å²) in [7, 11) is 0. The number of carboxylic acid groups (broad SMARTS) is 1. The first kappa shape index (κ1) is 28.4. The van der Waals surface area contributed by atoms with Crippen molar-refractivity contribution < 1.29 is 33.9 Å². The van der Waals surface area contributed by atoms with Crippen molar-refractivity contribution in [3.63, 3.8) is 0 Å². The van der Waals surface area contributed by atoms with Crippen LogP contribution in [0.15, 0.2) is 0 Å². The zero-order valence-electron chi connectivity index (χ0n) is 21.4. The Hall–Kier alpha value is -3.18. The van der Waals surface area contributed by atoms with E-state index in [0.29, 0.717) is 45.1 Å². The number of amides is 5. The molecule has 0 spiro atoms. The van der Waals surface area contributed by atoms with E-state index in [1.807, 2.05) is 0 Å². The predicted octanol–water partition coefficient (Wildman–Crippen LogP) is 0.572. The van der Waals surface area contributed by atoms with Gasteiger partial charge in [0.15, 0.2) is 0 Å².